The number of benzene rings is 2. The van der Waals surface area contributed by atoms with Crippen molar-refractivity contribution < 1.29 is 13.5 Å². The van der Waals surface area contributed by atoms with Gasteiger partial charge >= 0.3 is 0 Å². The van der Waals surface area contributed by atoms with Crippen molar-refractivity contribution in [2.45, 2.75) is 6.92 Å². The molecule has 1 aromatic heterocycles. The van der Waals surface area contributed by atoms with E-state index in [9.17, 15) is 8.78 Å². The van der Waals surface area contributed by atoms with Crippen LogP contribution < -0.4 is 10.1 Å². The second-order valence-electron chi connectivity index (χ2n) is 4.33. The summed E-state index contributed by atoms with van der Waals surface area (Å²) in [7, 11) is 0. The largest absolute Gasteiger partial charge is 0.491 e. The third-order valence-electron chi connectivity index (χ3n) is 2.83. The monoisotopic (exact) mass is 306 g/mol. The van der Waals surface area contributed by atoms with Gasteiger partial charge in [0.2, 0.25) is 0 Å². The van der Waals surface area contributed by atoms with Crippen LogP contribution in [0, 0.1) is 11.6 Å². The maximum absolute atomic E-state index is 13.8. The Labute approximate surface area is 124 Å². The molecule has 0 aliphatic heterocycles. The molecule has 2 aromatic carbocycles. The highest BCUT2D eigenvalue weighted by Gasteiger charge is 2.08. The minimum absolute atomic E-state index is 0.217. The number of nitrogens with zero attached hydrogens (tertiary/aromatic N) is 1. The molecular weight excluding hydrogens is 294 g/mol. The number of aromatic nitrogens is 1. The molecular formula is C15H12F2N2OS. The molecule has 0 spiro atoms. The lowest BCUT2D eigenvalue weighted by molar-refractivity contribution is 0.321. The number of ether oxygens (including phenoxy) is 1. The molecule has 6 heteroatoms. The minimum Gasteiger partial charge on any atom is -0.491 e. The van der Waals surface area contributed by atoms with E-state index < -0.39 is 5.82 Å². The van der Waals surface area contributed by atoms with Crippen LogP contribution in [0.15, 0.2) is 36.4 Å². The van der Waals surface area contributed by atoms with Gasteiger partial charge in [-0.15, -0.1) is 0 Å². The first-order valence-corrected chi connectivity index (χ1v) is 7.23. The second-order valence-corrected chi connectivity index (χ2v) is 5.36. The van der Waals surface area contributed by atoms with Crippen LogP contribution in [-0.2, 0) is 0 Å². The third-order valence-corrected chi connectivity index (χ3v) is 3.78. The Hall–Kier alpha value is -2.21. The molecule has 1 heterocycles. The molecule has 3 nitrogen and oxygen atoms in total. The van der Waals surface area contributed by atoms with E-state index in [-0.39, 0.29) is 11.6 Å². The van der Waals surface area contributed by atoms with Crippen LogP contribution in [-0.4, -0.2) is 11.6 Å². The lowest BCUT2D eigenvalue weighted by Crippen LogP contribution is -1.96. The summed E-state index contributed by atoms with van der Waals surface area (Å²) in [5.74, 6) is -0.546. The lowest BCUT2D eigenvalue weighted by atomic mass is 10.3. The first-order valence-electron chi connectivity index (χ1n) is 6.41. The molecule has 0 aliphatic carbocycles. The van der Waals surface area contributed by atoms with Crippen LogP contribution in [0.25, 0.3) is 10.2 Å². The van der Waals surface area contributed by atoms with Crippen LogP contribution in [0.2, 0.25) is 0 Å². The van der Waals surface area contributed by atoms with E-state index in [1.807, 2.05) is 0 Å². The summed E-state index contributed by atoms with van der Waals surface area (Å²) in [6, 6.07) is 9.05. The Kier molecular flexibility index (Phi) is 3.70. The van der Waals surface area contributed by atoms with Gasteiger partial charge in [-0.25, -0.2) is 13.8 Å². The molecule has 1 N–H and O–H groups in total. The van der Waals surface area contributed by atoms with Crippen molar-refractivity contribution in [2.24, 2.45) is 0 Å². The lowest BCUT2D eigenvalue weighted by Gasteiger charge is -2.07. The number of thiazole rings is 1. The van der Waals surface area contributed by atoms with E-state index in [0.717, 1.165) is 4.70 Å². The van der Waals surface area contributed by atoms with Gasteiger partial charge in [0.15, 0.2) is 16.7 Å². The quantitative estimate of drug-likeness (QED) is 0.757. The fourth-order valence-corrected chi connectivity index (χ4v) is 2.80. The molecule has 0 aliphatic rings. The number of hydrogen-bond donors (Lipinski definition) is 1. The fraction of sp³-hybridized carbons (Fsp3) is 0.133. The number of fused-ring (bicyclic) bond motifs is 1. The van der Waals surface area contributed by atoms with Gasteiger partial charge in [0.05, 0.1) is 16.8 Å². The summed E-state index contributed by atoms with van der Waals surface area (Å²) in [6.45, 7) is 2.21. The molecule has 0 saturated heterocycles. The summed E-state index contributed by atoms with van der Waals surface area (Å²) >= 11 is 1.38. The summed E-state index contributed by atoms with van der Waals surface area (Å²) in [5, 5.41) is 3.59. The molecule has 0 amide bonds. The van der Waals surface area contributed by atoms with E-state index in [0.29, 0.717) is 22.9 Å². The van der Waals surface area contributed by atoms with Crippen molar-refractivity contribution in [3.63, 3.8) is 0 Å². The van der Waals surface area contributed by atoms with Crippen molar-refractivity contribution in [3.05, 3.63) is 48.0 Å². The zero-order valence-corrected chi connectivity index (χ0v) is 12.0. The van der Waals surface area contributed by atoms with E-state index >= 15 is 0 Å². The van der Waals surface area contributed by atoms with Crippen molar-refractivity contribution in [1.29, 1.82) is 0 Å². The topological polar surface area (TPSA) is 34.1 Å². The van der Waals surface area contributed by atoms with Crippen molar-refractivity contribution in [3.8, 4) is 5.75 Å². The highest BCUT2D eigenvalue weighted by molar-refractivity contribution is 7.22. The number of nitrogens with one attached hydrogen (secondary N) is 1. The standard InChI is InChI=1S/C15H12F2N2OS/c1-2-20-13-5-4-10(8-11(13)17)18-15-19-12-7-9(16)3-6-14(12)21-15/h3-8H,2H2,1H3,(H,18,19). The molecule has 3 aromatic rings. The molecule has 21 heavy (non-hydrogen) atoms. The van der Waals surface area contributed by atoms with Gasteiger partial charge in [0, 0.05) is 17.8 Å². The maximum atomic E-state index is 13.8. The Morgan fingerprint density at radius 3 is 2.81 bits per heavy atom. The molecule has 3 rings (SSSR count). The van der Waals surface area contributed by atoms with Gasteiger partial charge in [0.25, 0.3) is 0 Å². The third kappa shape index (κ3) is 2.95. The molecule has 0 fully saturated rings. The van der Waals surface area contributed by atoms with Crippen LogP contribution in [0.5, 0.6) is 5.75 Å². The van der Waals surface area contributed by atoms with Crippen molar-refractivity contribution >= 4 is 32.4 Å². The maximum Gasteiger partial charge on any atom is 0.188 e. The Bertz CT molecular complexity index is 788. The predicted molar refractivity (Wildman–Crippen MR) is 80.4 cm³/mol. The van der Waals surface area contributed by atoms with Gasteiger partial charge in [-0.2, -0.15) is 0 Å². The Morgan fingerprint density at radius 1 is 1.19 bits per heavy atom. The Balaban J connectivity index is 1.86. The average molecular weight is 306 g/mol. The van der Waals surface area contributed by atoms with E-state index in [2.05, 4.69) is 10.3 Å². The SMILES string of the molecule is CCOc1ccc(Nc2nc3cc(F)ccc3s2)cc1F. The molecule has 0 radical (unpaired) electrons. The summed E-state index contributed by atoms with van der Waals surface area (Å²) in [6.07, 6.45) is 0. The zero-order chi connectivity index (χ0) is 14.8. The average Bonchev–Trinajstić information content (AvgIpc) is 2.83. The summed E-state index contributed by atoms with van der Waals surface area (Å²) in [5.41, 5.74) is 1.14. The van der Waals surface area contributed by atoms with Crippen LogP contribution in [0.4, 0.5) is 19.6 Å². The van der Waals surface area contributed by atoms with Gasteiger partial charge < -0.3 is 10.1 Å². The molecule has 108 valence electrons. The summed E-state index contributed by atoms with van der Waals surface area (Å²) < 4.78 is 32.9. The molecule has 0 saturated carbocycles. The van der Waals surface area contributed by atoms with Crippen LogP contribution in [0.1, 0.15) is 6.92 Å². The van der Waals surface area contributed by atoms with Gasteiger partial charge in [-0.1, -0.05) is 11.3 Å². The van der Waals surface area contributed by atoms with E-state index in [1.54, 1.807) is 25.1 Å². The van der Waals surface area contributed by atoms with Crippen molar-refractivity contribution in [2.75, 3.05) is 11.9 Å². The fourth-order valence-electron chi connectivity index (χ4n) is 1.93. The smallest absolute Gasteiger partial charge is 0.188 e. The first kappa shape index (κ1) is 13.8. The van der Waals surface area contributed by atoms with Gasteiger partial charge in [-0.05, 0) is 31.2 Å². The van der Waals surface area contributed by atoms with Gasteiger partial charge in [0.1, 0.15) is 5.82 Å². The predicted octanol–water partition coefficient (Wildman–Crippen LogP) is 4.72. The highest BCUT2D eigenvalue weighted by atomic mass is 32.1. The van der Waals surface area contributed by atoms with Crippen LogP contribution >= 0.6 is 11.3 Å². The number of rotatable bonds is 4. The molecule has 0 bridgehead atoms. The summed E-state index contributed by atoms with van der Waals surface area (Å²) in [4.78, 5) is 4.27. The van der Waals surface area contributed by atoms with Gasteiger partial charge in [-0.3, -0.25) is 0 Å². The highest BCUT2D eigenvalue weighted by Crippen LogP contribution is 2.30. The zero-order valence-electron chi connectivity index (χ0n) is 11.2. The first-order chi connectivity index (χ1) is 10.2. The molecule has 0 unspecified atom stereocenters. The van der Waals surface area contributed by atoms with Crippen molar-refractivity contribution in [1.82, 2.24) is 4.98 Å². The van der Waals surface area contributed by atoms with E-state index in [4.69, 9.17) is 4.74 Å². The number of halogens is 2. The van der Waals surface area contributed by atoms with Crippen LogP contribution in [0.3, 0.4) is 0 Å². The number of hydrogen-bond acceptors (Lipinski definition) is 4. The Morgan fingerprint density at radius 2 is 2.05 bits per heavy atom. The number of anilines is 2. The molecule has 0 atom stereocenters. The minimum atomic E-state index is -0.436. The second kappa shape index (κ2) is 5.65. The van der Waals surface area contributed by atoms with E-state index in [1.165, 1.54) is 29.5 Å². The normalized spacial score (nSPS) is 10.8.